The fraction of sp³-hybridized carbons (Fsp3) is 0.280. The number of aryl methyl sites for hydroxylation is 1. The van der Waals surface area contributed by atoms with Gasteiger partial charge in [0.05, 0.1) is 23.7 Å². The van der Waals surface area contributed by atoms with Crippen LogP contribution < -0.4 is 5.32 Å². The Morgan fingerprint density at radius 2 is 2.00 bits per heavy atom. The first-order valence-electron chi connectivity index (χ1n) is 10.8. The van der Waals surface area contributed by atoms with Gasteiger partial charge in [-0.1, -0.05) is 19.9 Å². The van der Waals surface area contributed by atoms with E-state index in [4.69, 9.17) is 5.26 Å². The summed E-state index contributed by atoms with van der Waals surface area (Å²) in [6, 6.07) is 8.58. The zero-order valence-corrected chi connectivity index (χ0v) is 18.9. The van der Waals surface area contributed by atoms with Crippen LogP contribution in [0.1, 0.15) is 52.9 Å². The quantitative estimate of drug-likeness (QED) is 0.616. The predicted octanol–water partition coefficient (Wildman–Crippen LogP) is 4.15. The summed E-state index contributed by atoms with van der Waals surface area (Å²) in [5, 5.41) is 16.1. The van der Waals surface area contributed by atoms with Crippen molar-refractivity contribution in [2.24, 2.45) is 13.0 Å². The lowest BCUT2D eigenvalue weighted by Gasteiger charge is -2.42. The normalized spacial score (nSPS) is 17.4. The van der Waals surface area contributed by atoms with E-state index in [1.54, 1.807) is 35.1 Å². The van der Waals surface area contributed by atoms with Crippen molar-refractivity contribution in [3.8, 4) is 6.07 Å². The first-order chi connectivity index (χ1) is 16.2. The molecule has 0 radical (unpaired) electrons. The Hall–Kier alpha value is -4.06. The lowest BCUT2D eigenvalue weighted by atomic mass is 9.79. The summed E-state index contributed by atoms with van der Waals surface area (Å²) in [6.07, 6.45) is 3.34. The molecule has 1 aliphatic heterocycles. The van der Waals surface area contributed by atoms with Gasteiger partial charge in [-0.15, -0.1) is 0 Å². The Bertz CT molecular complexity index is 1310. The van der Waals surface area contributed by atoms with Gasteiger partial charge in [0.1, 0.15) is 17.7 Å². The molecular formula is C25H23F2N5O2. The molecule has 2 atom stereocenters. The summed E-state index contributed by atoms with van der Waals surface area (Å²) < 4.78 is 29.5. The fourth-order valence-electron chi connectivity index (χ4n) is 4.36. The largest absolute Gasteiger partial charge is 0.330 e. The number of hydrogen-bond acceptors (Lipinski definition) is 4. The third-order valence-corrected chi connectivity index (χ3v) is 5.76. The van der Waals surface area contributed by atoms with E-state index in [1.165, 1.54) is 24.3 Å². The number of benzene rings is 2. The van der Waals surface area contributed by atoms with E-state index < -0.39 is 29.5 Å². The smallest absolute Gasteiger partial charge is 0.254 e. The minimum absolute atomic E-state index is 0.0808. The Morgan fingerprint density at radius 1 is 1.24 bits per heavy atom. The van der Waals surface area contributed by atoms with E-state index in [9.17, 15) is 18.4 Å². The van der Waals surface area contributed by atoms with E-state index in [0.29, 0.717) is 17.7 Å². The summed E-state index contributed by atoms with van der Waals surface area (Å²) in [4.78, 5) is 28.7. The highest BCUT2D eigenvalue weighted by molar-refractivity contribution is 6.04. The molecule has 3 aromatic rings. The molecule has 2 aromatic carbocycles. The molecule has 0 fully saturated rings. The van der Waals surface area contributed by atoms with Crippen LogP contribution in [0.15, 0.2) is 48.8 Å². The van der Waals surface area contributed by atoms with Crippen molar-refractivity contribution in [3.63, 3.8) is 0 Å². The van der Waals surface area contributed by atoms with E-state index in [0.717, 1.165) is 12.1 Å². The molecule has 1 aliphatic rings. The van der Waals surface area contributed by atoms with Crippen molar-refractivity contribution in [3.05, 3.63) is 82.7 Å². The fourth-order valence-corrected chi connectivity index (χ4v) is 4.36. The van der Waals surface area contributed by atoms with E-state index >= 15 is 0 Å². The van der Waals surface area contributed by atoms with Gasteiger partial charge in [0.15, 0.2) is 0 Å². The van der Waals surface area contributed by atoms with Gasteiger partial charge in [0.25, 0.3) is 5.91 Å². The average molecular weight is 463 g/mol. The number of aromatic nitrogens is 2. The first-order valence-corrected chi connectivity index (χ1v) is 10.8. The predicted molar refractivity (Wildman–Crippen MR) is 121 cm³/mol. The highest BCUT2D eigenvalue weighted by Crippen LogP contribution is 2.43. The molecule has 2 amide bonds. The summed E-state index contributed by atoms with van der Waals surface area (Å²) in [5.41, 5.74) is 1.20. The molecule has 0 saturated heterocycles. The molecule has 9 heteroatoms. The highest BCUT2D eigenvalue weighted by atomic mass is 19.1. The van der Waals surface area contributed by atoms with Crippen LogP contribution in [-0.4, -0.2) is 33.0 Å². The second kappa shape index (κ2) is 9.06. The molecule has 1 aromatic heterocycles. The first kappa shape index (κ1) is 23.1. The zero-order chi connectivity index (χ0) is 24.6. The molecule has 34 heavy (non-hydrogen) atoms. The van der Waals surface area contributed by atoms with Gasteiger partial charge in [-0.25, -0.2) is 8.78 Å². The number of amides is 2. The standard InChI is InChI=1S/C25H23F2N5O2/c1-14(2)12-32-23(16-11-29-31(3)13-16)22(19-6-4-17(26)9-20(19)25(32)34)24(33)30-18-5-7-21(27)15(8-18)10-28/h4-9,11,13-14,22-23H,12H2,1-3H3,(H,30,33)/t22-,23+/m0/s1. The van der Waals surface area contributed by atoms with Crippen molar-refractivity contribution in [2.45, 2.75) is 25.8 Å². The molecule has 0 unspecified atom stereocenters. The monoisotopic (exact) mass is 463 g/mol. The summed E-state index contributed by atoms with van der Waals surface area (Å²) in [5.74, 6) is -2.93. The van der Waals surface area contributed by atoms with E-state index in [1.807, 2.05) is 13.8 Å². The van der Waals surface area contributed by atoms with Crippen LogP contribution in [0.3, 0.4) is 0 Å². The van der Waals surface area contributed by atoms with Crippen molar-refractivity contribution >= 4 is 17.5 Å². The number of fused-ring (bicyclic) bond motifs is 1. The number of nitriles is 1. The van der Waals surface area contributed by atoms with Crippen LogP contribution in [-0.2, 0) is 11.8 Å². The maximum Gasteiger partial charge on any atom is 0.254 e. The van der Waals surface area contributed by atoms with Crippen LogP contribution >= 0.6 is 0 Å². The number of nitrogens with zero attached hydrogens (tertiary/aromatic N) is 4. The van der Waals surface area contributed by atoms with Crippen LogP contribution in [0.25, 0.3) is 0 Å². The van der Waals surface area contributed by atoms with E-state index in [-0.39, 0.29) is 28.6 Å². The summed E-state index contributed by atoms with van der Waals surface area (Å²) in [6.45, 7) is 4.24. The van der Waals surface area contributed by atoms with Crippen LogP contribution in [0.5, 0.6) is 0 Å². The SMILES string of the molecule is CC(C)CN1C(=O)c2cc(F)ccc2[C@H](C(=O)Nc2ccc(F)c(C#N)c2)[C@H]1c1cnn(C)c1. The van der Waals surface area contributed by atoms with Crippen molar-refractivity contribution < 1.29 is 18.4 Å². The number of rotatable bonds is 5. The maximum absolute atomic E-state index is 14.1. The molecule has 0 saturated carbocycles. The Labute approximate surface area is 195 Å². The number of carbonyl (C=O) groups excluding carboxylic acids is 2. The van der Waals surface area contributed by atoms with Crippen LogP contribution in [0, 0.1) is 28.9 Å². The molecule has 174 valence electrons. The topological polar surface area (TPSA) is 91.0 Å². The maximum atomic E-state index is 14.1. The minimum Gasteiger partial charge on any atom is -0.330 e. The molecule has 2 heterocycles. The molecule has 1 N–H and O–H groups in total. The summed E-state index contributed by atoms with van der Waals surface area (Å²) in [7, 11) is 1.74. The second-order valence-electron chi connectivity index (χ2n) is 8.75. The van der Waals surface area contributed by atoms with Gasteiger partial charge in [0.2, 0.25) is 5.91 Å². The lowest BCUT2D eigenvalue weighted by molar-refractivity contribution is -0.119. The number of nitrogens with one attached hydrogen (secondary N) is 1. The van der Waals surface area contributed by atoms with Gasteiger partial charge in [-0.3, -0.25) is 14.3 Å². The average Bonchev–Trinajstić information content (AvgIpc) is 3.22. The van der Waals surface area contributed by atoms with Gasteiger partial charge >= 0.3 is 0 Å². The minimum atomic E-state index is -0.896. The van der Waals surface area contributed by atoms with E-state index in [2.05, 4.69) is 10.4 Å². The molecule has 4 rings (SSSR count). The second-order valence-corrected chi connectivity index (χ2v) is 8.75. The molecule has 0 bridgehead atoms. The van der Waals surface area contributed by atoms with Gasteiger partial charge in [-0.05, 0) is 41.8 Å². The molecule has 0 aliphatic carbocycles. The lowest BCUT2D eigenvalue weighted by Crippen LogP contribution is -2.47. The molecular weight excluding hydrogens is 440 g/mol. The molecule has 7 nitrogen and oxygen atoms in total. The Balaban J connectivity index is 1.85. The van der Waals surface area contributed by atoms with Gasteiger partial charge in [-0.2, -0.15) is 10.4 Å². The number of hydrogen-bond donors (Lipinski definition) is 1. The number of carbonyl (C=O) groups is 2. The van der Waals surface area contributed by atoms with Crippen LogP contribution in [0.4, 0.5) is 14.5 Å². The van der Waals surface area contributed by atoms with Crippen molar-refractivity contribution in [2.75, 3.05) is 11.9 Å². The number of halogens is 2. The van der Waals surface area contributed by atoms with Gasteiger partial charge < -0.3 is 10.2 Å². The Morgan fingerprint density at radius 3 is 2.65 bits per heavy atom. The van der Waals surface area contributed by atoms with Crippen LogP contribution in [0.2, 0.25) is 0 Å². The van der Waals surface area contributed by atoms with Crippen molar-refractivity contribution in [1.82, 2.24) is 14.7 Å². The number of anilines is 1. The third kappa shape index (κ3) is 4.27. The van der Waals surface area contributed by atoms with Crippen molar-refractivity contribution in [1.29, 1.82) is 5.26 Å². The summed E-state index contributed by atoms with van der Waals surface area (Å²) >= 11 is 0. The zero-order valence-electron chi connectivity index (χ0n) is 18.9. The third-order valence-electron chi connectivity index (χ3n) is 5.76. The van der Waals surface area contributed by atoms with Gasteiger partial charge in [0, 0.05) is 36.6 Å². The molecule has 0 spiro atoms. The Kier molecular flexibility index (Phi) is 6.16. The highest BCUT2D eigenvalue weighted by Gasteiger charge is 2.45.